The molecule has 7 heteroatoms. The molecule has 3 aromatic rings. The molecule has 0 bridgehead atoms. The van der Waals surface area contributed by atoms with Crippen molar-refractivity contribution in [3.8, 4) is 0 Å². The second kappa shape index (κ2) is 6.09. The topological polar surface area (TPSA) is 78.6 Å². The first kappa shape index (κ1) is 14.9. The van der Waals surface area contributed by atoms with Crippen LogP contribution >= 0.6 is 0 Å². The molecule has 7 nitrogen and oxygen atoms in total. The van der Waals surface area contributed by atoms with Crippen LogP contribution in [-0.4, -0.2) is 43.7 Å². The van der Waals surface area contributed by atoms with Crippen molar-refractivity contribution in [2.24, 2.45) is 0 Å². The molecule has 1 aliphatic rings. The summed E-state index contributed by atoms with van der Waals surface area (Å²) in [5, 5.41) is 12.9. The van der Waals surface area contributed by atoms with Gasteiger partial charge in [-0.3, -0.25) is 0 Å². The summed E-state index contributed by atoms with van der Waals surface area (Å²) in [6, 6.07) is 5.95. The highest BCUT2D eigenvalue weighted by atomic mass is 16.3. The summed E-state index contributed by atoms with van der Waals surface area (Å²) >= 11 is 0. The molecule has 0 saturated carbocycles. The van der Waals surface area contributed by atoms with Crippen LogP contribution in [-0.2, 0) is 6.54 Å². The van der Waals surface area contributed by atoms with E-state index in [4.69, 9.17) is 0 Å². The molecule has 124 valence electrons. The second-order valence-corrected chi connectivity index (χ2v) is 6.11. The average Bonchev–Trinajstić information content (AvgIpc) is 3.20. The van der Waals surface area contributed by atoms with Crippen LogP contribution < -0.4 is 10.2 Å². The Balaban J connectivity index is 1.50. The highest BCUT2D eigenvalue weighted by Gasteiger charge is 2.21. The first-order valence-electron chi connectivity index (χ1n) is 8.12. The lowest BCUT2D eigenvalue weighted by molar-refractivity contribution is 0.198. The Morgan fingerprint density at radius 1 is 1.33 bits per heavy atom. The number of aryl methyl sites for hydroxylation is 1. The number of rotatable bonds is 4. The van der Waals surface area contributed by atoms with Crippen molar-refractivity contribution >= 4 is 17.4 Å². The number of anilines is 2. The number of fused-ring (bicyclic) bond motifs is 1. The van der Waals surface area contributed by atoms with Crippen LogP contribution in [0, 0.1) is 6.92 Å². The first-order valence-corrected chi connectivity index (χ1v) is 8.12. The molecule has 1 atom stereocenters. The fraction of sp³-hybridized carbons (Fsp3) is 0.353. The van der Waals surface area contributed by atoms with Crippen LogP contribution in [0.1, 0.15) is 17.7 Å². The maximum Gasteiger partial charge on any atom is 0.224 e. The summed E-state index contributed by atoms with van der Waals surface area (Å²) < 4.78 is 2.07. The third-order valence-electron chi connectivity index (χ3n) is 4.36. The van der Waals surface area contributed by atoms with Gasteiger partial charge in [-0.2, -0.15) is 4.98 Å². The summed E-state index contributed by atoms with van der Waals surface area (Å²) in [4.78, 5) is 15.4. The summed E-state index contributed by atoms with van der Waals surface area (Å²) in [7, 11) is 0. The minimum absolute atomic E-state index is 0.266. The van der Waals surface area contributed by atoms with Gasteiger partial charge in [0.1, 0.15) is 11.5 Å². The standard InChI is InChI=1S/C17H20N6O/c1-12-3-2-7-23-13(9-19-16(12)23)10-20-17-18-6-4-15(21-17)22-8-5-14(24)11-22/h2-4,6-7,9,14,24H,5,8,10-11H2,1H3,(H,18,20,21). The lowest BCUT2D eigenvalue weighted by Crippen LogP contribution is -2.22. The van der Waals surface area contributed by atoms with E-state index in [9.17, 15) is 5.11 Å². The van der Waals surface area contributed by atoms with Crippen molar-refractivity contribution in [2.45, 2.75) is 26.0 Å². The quantitative estimate of drug-likeness (QED) is 0.759. The normalized spacial score (nSPS) is 17.6. The number of nitrogens with zero attached hydrogens (tertiary/aromatic N) is 5. The van der Waals surface area contributed by atoms with E-state index in [1.165, 1.54) is 0 Å². The summed E-state index contributed by atoms with van der Waals surface area (Å²) in [6.45, 7) is 4.10. The number of imidazole rings is 1. The number of β-amino-alcohol motifs (C(OH)–C–C–N with tert-alkyl or cyclic N) is 1. The zero-order valence-corrected chi connectivity index (χ0v) is 13.6. The van der Waals surface area contributed by atoms with Crippen LogP contribution in [0.15, 0.2) is 36.8 Å². The molecule has 1 unspecified atom stereocenters. The monoisotopic (exact) mass is 324 g/mol. The van der Waals surface area contributed by atoms with Crippen LogP contribution in [0.2, 0.25) is 0 Å². The van der Waals surface area contributed by atoms with Crippen molar-refractivity contribution in [1.29, 1.82) is 0 Å². The number of hydrogen-bond acceptors (Lipinski definition) is 6. The zero-order chi connectivity index (χ0) is 16.5. The summed E-state index contributed by atoms with van der Waals surface area (Å²) in [5.41, 5.74) is 3.17. The van der Waals surface area contributed by atoms with E-state index >= 15 is 0 Å². The van der Waals surface area contributed by atoms with E-state index in [1.807, 2.05) is 24.5 Å². The van der Waals surface area contributed by atoms with Crippen LogP contribution in [0.3, 0.4) is 0 Å². The molecule has 2 N–H and O–H groups in total. The van der Waals surface area contributed by atoms with Gasteiger partial charge in [0.15, 0.2) is 0 Å². The number of nitrogens with one attached hydrogen (secondary N) is 1. The Bertz CT molecular complexity index is 861. The summed E-state index contributed by atoms with van der Waals surface area (Å²) in [5.74, 6) is 1.43. The minimum atomic E-state index is -0.266. The largest absolute Gasteiger partial charge is 0.391 e. The molecular formula is C17H20N6O. The van der Waals surface area contributed by atoms with Gasteiger partial charge in [0.05, 0.1) is 24.5 Å². The van der Waals surface area contributed by atoms with Crippen molar-refractivity contribution in [3.63, 3.8) is 0 Å². The van der Waals surface area contributed by atoms with E-state index < -0.39 is 0 Å². The van der Waals surface area contributed by atoms with Crippen LogP contribution in [0.4, 0.5) is 11.8 Å². The lowest BCUT2D eigenvalue weighted by Gasteiger charge is -2.17. The number of hydrogen-bond donors (Lipinski definition) is 2. The van der Waals surface area contributed by atoms with Crippen LogP contribution in [0.25, 0.3) is 5.65 Å². The molecule has 0 amide bonds. The third kappa shape index (κ3) is 2.78. The minimum Gasteiger partial charge on any atom is -0.391 e. The average molecular weight is 324 g/mol. The third-order valence-corrected chi connectivity index (χ3v) is 4.36. The maximum absolute atomic E-state index is 9.67. The van der Waals surface area contributed by atoms with Gasteiger partial charge in [-0.1, -0.05) is 6.07 Å². The lowest BCUT2D eigenvalue weighted by atomic mass is 10.3. The van der Waals surface area contributed by atoms with Gasteiger partial charge in [-0.15, -0.1) is 0 Å². The Morgan fingerprint density at radius 3 is 3.08 bits per heavy atom. The predicted octanol–water partition coefficient (Wildman–Crippen LogP) is 1.62. The Kier molecular flexibility index (Phi) is 3.78. The van der Waals surface area contributed by atoms with Gasteiger partial charge >= 0.3 is 0 Å². The Morgan fingerprint density at radius 2 is 2.25 bits per heavy atom. The van der Waals surface area contributed by atoms with Crippen molar-refractivity contribution in [2.75, 3.05) is 23.3 Å². The molecular weight excluding hydrogens is 304 g/mol. The second-order valence-electron chi connectivity index (χ2n) is 6.11. The number of aromatic nitrogens is 4. The van der Waals surface area contributed by atoms with E-state index in [-0.39, 0.29) is 6.10 Å². The van der Waals surface area contributed by atoms with Crippen molar-refractivity contribution < 1.29 is 5.11 Å². The smallest absolute Gasteiger partial charge is 0.224 e. The molecule has 4 heterocycles. The maximum atomic E-state index is 9.67. The van der Waals surface area contributed by atoms with E-state index in [2.05, 4.69) is 42.6 Å². The molecule has 0 radical (unpaired) electrons. The summed E-state index contributed by atoms with van der Waals surface area (Å²) in [6.07, 6.45) is 6.14. The molecule has 1 aliphatic heterocycles. The van der Waals surface area contributed by atoms with Gasteiger partial charge in [0, 0.05) is 25.5 Å². The molecule has 0 spiro atoms. The fourth-order valence-corrected chi connectivity index (χ4v) is 3.06. The molecule has 1 fully saturated rings. The zero-order valence-electron chi connectivity index (χ0n) is 13.6. The number of aliphatic hydroxyl groups excluding tert-OH is 1. The van der Waals surface area contributed by atoms with Gasteiger partial charge < -0.3 is 19.7 Å². The van der Waals surface area contributed by atoms with Gasteiger partial charge in [0.25, 0.3) is 0 Å². The van der Waals surface area contributed by atoms with Gasteiger partial charge in [-0.25, -0.2) is 9.97 Å². The van der Waals surface area contributed by atoms with E-state index in [0.29, 0.717) is 19.0 Å². The molecule has 24 heavy (non-hydrogen) atoms. The highest BCUT2D eigenvalue weighted by molar-refractivity contribution is 5.49. The predicted molar refractivity (Wildman–Crippen MR) is 92.1 cm³/mol. The molecule has 4 rings (SSSR count). The molecule has 0 aromatic carbocycles. The number of pyridine rings is 1. The Labute approximate surface area is 140 Å². The molecule has 3 aromatic heterocycles. The van der Waals surface area contributed by atoms with E-state index in [0.717, 1.165) is 35.7 Å². The first-order chi connectivity index (χ1) is 11.7. The molecule has 1 saturated heterocycles. The highest BCUT2D eigenvalue weighted by Crippen LogP contribution is 2.19. The SMILES string of the molecule is Cc1cccn2c(CNc3nccc(N4CCC(O)C4)n3)cnc12. The number of aliphatic hydroxyl groups is 1. The fourth-order valence-electron chi connectivity index (χ4n) is 3.06. The Hall–Kier alpha value is -2.67. The van der Waals surface area contributed by atoms with E-state index in [1.54, 1.807) is 6.20 Å². The van der Waals surface area contributed by atoms with Crippen molar-refractivity contribution in [1.82, 2.24) is 19.4 Å². The van der Waals surface area contributed by atoms with Crippen molar-refractivity contribution in [3.05, 3.63) is 48.0 Å². The van der Waals surface area contributed by atoms with Gasteiger partial charge in [0.2, 0.25) is 5.95 Å². The molecule has 0 aliphatic carbocycles. The van der Waals surface area contributed by atoms with Crippen LogP contribution in [0.5, 0.6) is 0 Å². The van der Waals surface area contributed by atoms with Gasteiger partial charge in [-0.05, 0) is 31.0 Å².